The van der Waals surface area contributed by atoms with Gasteiger partial charge in [-0.3, -0.25) is 23.9 Å². The Labute approximate surface area is 208 Å². The number of nitrogens with zero attached hydrogens (tertiary/aromatic N) is 4. The molecule has 2 aliphatic heterocycles. The van der Waals surface area contributed by atoms with Crippen molar-refractivity contribution in [2.45, 2.75) is 40.2 Å². The van der Waals surface area contributed by atoms with Gasteiger partial charge in [0.25, 0.3) is 11.5 Å². The van der Waals surface area contributed by atoms with E-state index in [1.54, 1.807) is 30.6 Å². The smallest absolute Gasteiger partial charge is 0.309 e. The summed E-state index contributed by atoms with van der Waals surface area (Å²) in [5, 5.41) is 9.70. The summed E-state index contributed by atoms with van der Waals surface area (Å²) in [7, 11) is 0. The molecule has 0 aromatic carbocycles. The second-order valence-electron chi connectivity index (χ2n) is 7.99. The number of anilines is 1. The number of thiocarbonyl (C=S) groups is 1. The molecule has 1 amide bonds. The molecular formula is C24H28N4O4S2. The van der Waals surface area contributed by atoms with Crippen LogP contribution in [0.3, 0.4) is 0 Å². The van der Waals surface area contributed by atoms with E-state index in [0.717, 1.165) is 0 Å². The number of carbonyl (C=O) groups is 2. The van der Waals surface area contributed by atoms with Gasteiger partial charge in [-0.25, -0.2) is 0 Å². The summed E-state index contributed by atoms with van der Waals surface area (Å²) in [6.45, 7) is 11.2. The number of ether oxygens (including phenoxy) is 1. The normalized spacial score (nSPS) is 17.9. The van der Waals surface area contributed by atoms with Crippen molar-refractivity contribution >= 4 is 52.1 Å². The highest BCUT2D eigenvalue weighted by Gasteiger charge is 2.33. The largest absolute Gasteiger partial charge is 0.466 e. The van der Waals surface area contributed by atoms with E-state index in [1.165, 1.54) is 16.7 Å². The SMILES string of the molecule is C=CCN1C(=O)/C(=C/c2c(C)c(C#N)c(=O)n(CC)c2N2CCC(C(=O)OCC)CC2)SC1=S. The Bertz CT molecular complexity index is 1160. The van der Waals surface area contributed by atoms with Gasteiger partial charge in [0.15, 0.2) is 0 Å². The van der Waals surface area contributed by atoms with E-state index in [0.29, 0.717) is 71.8 Å². The number of thioether (sulfide) groups is 1. The van der Waals surface area contributed by atoms with Crippen LogP contribution < -0.4 is 10.5 Å². The highest BCUT2D eigenvalue weighted by molar-refractivity contribution is 8.26. The minimum atomic E-state index is -0.360. The number of hydrogen-bond donors (Lipinski definition) is 0. The minimum absolute atomic E-state index is 0.0554. The summed E-state index contributed by atoms with van der Waals surface area (Å²) in [6, 6.07) is 2.04. The van der Waals surface area contributed by atoms with Crippen LogP contribution in [0.2, 0.25) is 0 Å². The number of aromatic nitrogens is 1. The molecule has 0 aliphatic carbocycles. The molecule has 1 aromatic heterocycles. The molecule has 2 aliphatic rings. The number of carbonyl (C=O) groups excluding carboxylic acids is 2. The molecule has 2 saturated heterocycles. The van der Waals surface area contributed by atoms with Crippen LogP contribution in [0.5, 0.6) is 0 Å². The fourth-order valence-corrected chi connectivity index (χ4v) is 5.54. The summed E-state index contributed by atoms with van der Waals surface area (Å²) in [5.41, 5.74) is 0.863. The molecular weight excluding hydrogens is 472 g/mol. The van der Waals surface area contributed by atoms with Crippen molar-refractivity contribution in [1.29, 1.82) is 5.26 Å². The van der Waals surface area contributed by atoms with Crippen molar-refractivity contribution in [3.05, 3.63) is 44.6 Å². The molecule has 0 radical (unpaired) electrons. The molecule has 0 N–H and O–H groups in total. The Balaban J connectivity index is 2.10. The molecule has 0 atom stereocenters. The summed E-state index contributed by atoms with van der Waals surface area (Å²) < 4.78 is 7.19. The molecule has 34 heavy (non-hydrogen) atoms. The summed E-state index contributed by atoms with van der Waals surface area (Å²) >= 11 is 6.55. The second-order valence-corrected chi connectivity index (χ2v) is 9.67. The highest BCUT2D eigenvalue weighted by atomic mass is 32.2. The maximum atomic E-state index is 13.1. The van der Waals surface area contributed by atoms with E-state index in [2.05, 4.69) is 11.5 Å². The molecule has 0 saturated carbocycles. The summed E-state index contributed by atoms with van der Waals surface area (Å²) in [4.78, 5) is 42.3. The van der Waals surface area contributed by atoms with Crippen molar-refractivity contribution in [3.63, 3.8) is 0 Å². The van der Waals surface area contributed by atoms with Gasteiger partial charge in [0, 0.05) is 31.7 Å². The fraction of sp³-hybridized carbons (Fsp3) is 0.458. The lowest BCUT2D eigenvalue weighted by Crippen LogP contribution is -2.41. The second kappa shape index (κ2) is 11.0. The molecule has 8 nitrogen and oxygen atoms in total. The zero-order valence-corrected chi connectivity index (χ0v) is 21.3. The number of pyridine rings is 1. The van der Waals surface area contributed by atoms with Crippen LogP contribution in [-0.2, 0) is 20.9 Å². The Morgan fingerprint density at radius 2 is 2.00 bits per heavy atom. The zero-order valence-electron chi connectivity index (χ0n) is 19.6. The van der Waals surface area contributed by atoms with Crippen molar-refractivity contribution in [1.82, 2.24) is 9.47 Å². The van der Waals surface area contributed by atoms with Gasteiger partial charge < -0.3 is 9.64 Å². The van der Waals surface area contributed by atoms with E-state index in [4.69, 9.17) is 17.0 Å². The van der Waals surface area contributed by atoms with Crippen LogP contribution in [-0.4, -0.2) is 51.9 Å². The molecule has 0 unspecified atom stereocenters. The Morgan fingerprint density at radius 1 is 1.32 bits per heavy atom. The molecule has 0 bridgehead atoms. The predicted octanol–water partition coefficient (Wildman–Crippen LogP) is 3.22. The predicted molar refractivity (Wildman–Crippen MR) is 137 cm³/mol. The fourth-order valence-electron chi connectivity index (χ4n) is 4.28. The molecule has 3 heterocycles. The Hall–Kier alpha value is -2.90. The zero-order chi connectivity index (χ0) is 25.0. The van der Waals surface area contributed by atoms with Gasteiger partial charge in [-0.1, -0.05) is 30.1 Å². The number of amides is 1. The van der Waals surface area contributed by atoms with Gasteiger partial charge in [-0.2, -0.15) is 5.26 Å². The maximum Gasteiger partial charge on any atom is 0.309 e. The Kier molecular flexibility index (Phi) is 8.33. The standard InChI is InChI=1S/C24H28N4O4S2/c1-5-10-28-22(30)19(34-24(28)33)13-17-15(4)18(14-25)21(29)27(6-2)20(17)26-11-8-16(9-12-26)23(31)32-7-3/h5,13,16H,1,6-12H2,2-4H3/b19-13-. The monoisotopic (exact) mass is 500 g/mol. The number of hydrogen-bond acceptors (Lipinski definition) is 8. The van der Waals surface area contributed by atoms with Crippen LogP contribution in [0.25, 0.3) is 6.08 Å². The topological polar surface area (TPSA) is 95.6 Å². The quantitative estimate of drug-likeness (QED) is 0.244. The van der Waals surface area contributed by atoms with Crippen molar-refractivity contribution in [2.75, 3.05) is 31.1 Å². The third-order valence-electron chi connectivity index (χ3n) is 6.04. The average Bonchev–Trinajstić information content (AvgIpc) is 3.09. The van der Waals surface area contributed by atoms with Gasteiger partial charge >= 0.3 is 5.97 Å². The number of rotatable bonds is 7. The van der Waals surface area contributed by atoms with Gasteiger partial charge in [0.05, 0.1) is 17.4 Å². The van der Waals surface area contributed by atoms with Gasteiger partial charge in [0.1, 0.15) is 21.8 Å². The van der Waals surface area contributed by atoms with Gasteiger partial charge in [-0.05, 0) is 45.3 Å². The number of nitriles is 1. The van der Waals surface area contributed by atoms with E-state index in [9.17, 15) is 19.6 Å². The van der Waals surface area contributed by atoms with Crippen LogP contribution in [0.4, 0.5) is 5.82 Å². The molecule has 0 spiro atoms. The molecule has 1 aromatic rings. The van der Waals surface area contributed by atoms with Crippen molar-refractivity contribution in [3.8, 4) is 6.07 Å². The molecule has 2 fully saturated rings. The summed E-state index contributed by atoms with van der Waals surface area (Å²) in [6.07, 6.45) is 4.54. The van der Waals surface area contributed by atoms with Gasteiger partial charge in [0.2, 0.25) is 0 Å². The third-order valence-corrected chi connectivity index (χ3v) is 7.42. The average molecular weight is 501 g/mol. The van der Waals surface area contributed by atoms with E-state index in [1.807, 2.05) is 13.0 Å². The minimum Gasteiger partial charge on any atom is -0.466 e. The lowest BCUT2D eigenvalue weighted by atomic mass is 9.95. The third kappa shape index (κ3) is 4.81. The van der Waals surface area contributed by atoms with E-state index >= 15 is 0 Å². The maximum absolute atomic E-state index is 13.1. The first-order valence-electron chi connectivity index (χ1n) is 11.2. The van der Waals surface area contributed by atoms with Crippen LogP contribution in [0, 0.1) is 24.2 Å². The van der Waals surface area contributed by atoms with Crippen molar-refractivity contribution in [2.24, 2.45) is 5.92 Å². The lowest BCUT2D eigenvalue weighted by Gasteiger charge is -2.35. The van der Waals surface area contributed by atoms with Gasteiger partial charge in [-0.15, -0.1) is 6.58 Å². The lowest BCUT2D eigenvalue weighted by molar-refractivity contribution is -0.148. The van der Waals surface area contributed by atoms with Crippen LogP contribution in [0.15, 0.2) is 22.4 Å². The first-order chi connectivity index (χ1) is 16.3. The first-order valence-corrected chi connectivity index (χ1v) is 12.5. The van der Waals surface area contributed by atoms with E-state index < -0.39 is 0 Å². The van der Waals surface area contributed by atoms with Crippen LogP contribution >= 0.6 is 24.0 Å². The molecule has 10 heteroatoms. The van der Waals surface area contributed by atoms with Crippen LogP contribution in [0.1, 0.15) is 43.4 Å². The molecule has 3 rings (SSSR count). The highest BCUT2D eigenvalue weighted by Crippen LogP contribution is 2.36. The summed E-state index contributed by atoms with van der Waals surface area (Å²) in [5.74, 6) is 0.0440. The Morgan fingerprint density at radius 3 is 2.56 bits per heavy atom. The van der Waals surface area contributed by atoms with Crippen molar-refractivity contribution < 1.29 is 14.3 Å². The number of esters is 1. The number of piperidine rings is 1. The molecule has 180 valence electrons. The van der Waals surface area contributed by atoms with E-state index in [-0.39, 0.29) is 28.9 Å². The first kappa shape index (κ1) is 25.7.